The average molecular weight is 279 g/mol. The van der Waals surface area contributed by atoms with Crippen molar-refractivity contribution in [1.29, 1.82) is 5.26 Å². The molecule has 0 amide bonds. The first-order valence-corrected chi connectivity index (χ1v) is 7.08. The van der Waals surface area contributed by atoms with Gasteiger partial charge in [0, 0.05) is 32.7 Å². The van der Waals surface area contributed by atoms with Gasteiger partial charge in [-0.2, -0.15) is 5.26 Å². The Balaban J connectivity index is 1.56. The quantitative estimate of drug-likeness (QED) is 0.855. The molecule has 0 aliphatic carbocycles. The highest BCUT2D eigenvalue weighted by molar-refractivity contribution is 5.37. The van der Waals surface area contributed by atoms with Crippen LogP contribution in [0.4, 0.5) is 5.82 Å². The van der Waals surface area contributed by atoms with Crippen molar-refractivity contribution in [3.05, 3.63) is 54.0 Å². The number of aromatic nitrogens is 2. The van der Waals surface area contributed by atoms with Gasteiger partial charge in [0.1, 0.15) is 11.9 Å². The SMILES string of the molecule is N#Cc1cnc(N2CCN(Cc3ccccc3)CC2)cn1. The van der Waals surface area contributed by atoms with Crippen molar-refractivity contribution in [3.8, 4) is 6.07 Å². The monoisotopic (exact) mass is 279 g/mol. The zero-order chi connectivity index (χ0) is 14.5. The molecule has 0 bridgehead atoms. The van der Waals surface area contributed by atoms with E-state index in [9.17, 15) is 0 Å². The first-order valence-electron chi connectivity index (χ1n) is 7.08. The van der Waals surface area contributed by atoms with Crippen LogP contribution in [0.5, 0.6) is 0 Å². The van der Waals surface area contributed by atoms with Gasteiger partial charge < -0.3 is 4.90 Å². The van der Waals surface area contributed by atoms with E-state index in [1.165, 1.54) is 11.8 Å². The molecule has 0 N–H and O–H groups in total. The Labute approximate surface area is 124 Å². The maximum absolute atomic E-state index is 8.74. The van der Waals surface area contributed by atoms with E-state index in [1.807, 2.05) is 12.1 Å². The third-order valence-electron chi connectivity index (χ3n) is 3.70. The fraction of sp³-hybridized carbons (Fsp3) is 0.312. The molecule has 1 aliphatic rings. The summed E-state index contributed by atoms with van der Waals surface area (Å²) < 4.78 is 0. The largest absolute Gasteiger partial charge is 0.353 e. The van der Waals surface area contributed by atoms with E-state index in [2.05, 4.69) is 44.0 Å². The van der Waals surface area contributed by atoms with Crippen LogP contribution >= 0.6 is 0 Å². The van der Waals surface area contributed by atoms with Gasteiger partial charge in [-0.3, -0.25) is 4.90 Å². The first kappa shape index (κ1) is 13.5. The highest BCUT2D eigenvalue weighted by Gasteiger charge is 2.18. The van der Waals surface area contributed by atoms with Gasteiger partial charge in [0.05, 0.1) is 12.4 Å². The number of nitriles is 1. The van der Waals surface area contributed by atoms with Crippen LogP contribution in [0.2, 0.25) is 0 Å². The van der Waals surface area contributed by atoms with Gasteiger partial charge in [0.2, 0.25) is 0 Å². The highest BCUT2D eigenvalue weighted by Crippen LogP contribution is 2.14. The third kappa shape index (κ3) is 3.36. The summed E-state index contributed by atoms with van der Waals surface area (Å²) in [6, 6.07) is 12.5. The average Bonchev–Trinajstić information content (AvgIpc) is 2.57. The van der Waals surface area contributed by atoms with E-state index in [0.717, 1.165) is 38.5 Å². The smallest absolute Gasteiger partial charge is 0.158 e. The van der Waals surface area contributed by atoms with Crippen molar-refractivity contribution in [1.82, 2.24) is 14.9 Å². The summed E-state index contributed by atoms with van der Waals surface area (Å²) in [6.07, 6.45) is 3.22. The molecule has 1 fully saturated rings. The molecule has 106 valence electrons. The second kappa shape index (κ2) is 6.33. The van der Waals surface area contributed by atoms with Crippen molar-refractivity contribution in [2.45, 2.75) is 6.54 Å². The predicted octanol–water partition coefficient (Wildman–Crippen LogP) is 1.67. The Bertz CT molecular complexity index is 609. The Hall–Kier alpha value is -2.45. The van der Waals surface area contributed by atoms with Crippen LogP contribution in [0.25, 0.3) is 0 Å². The van der Waals surface area contributed by atoms with Crippen molar-refractivity contribution < 1.29 is 0 Å². The van der Waals surface area contributed by atoms with E-state index in [4.69, 9.17) is 5.26 Å². The van der Waals surface area contributed by atoms with Gasteiger partial charge in [-0.25, -0.2) is 9.97 Å². The van der Waals surface area contributed by atoms with E-state index in [-0.39, 0.29) is 0 Å². The normalized spacial score (nSPS) is 15.7. The molecule has 5 heteroatoms. The summed E-state index contributed by atoms with van der Waals surface area (Å²) in [5.41, 5.74) is 1.71. The summed E-state index contributed by atoms with van der Waals surface area (Å²) in [5, 5.41) is 8.74. The summed E-state index contributed by atoms with van der Waals surface area (Å²) in [7, 11) is 0. The molecule has 1 aliphatic heterocycles. The number of anilines is 1. The van der Waals surface area contributed by atoms with Crippen LogP contribution in [-0.4, -0.2) is 41.0 Å². The van der Waals surface area contributed by atoms with Gasteiger partial charge in [-0.05, 0) is 5.56 Å². The van der Waals surface area contributed by atoms with Gasteiger partial charge >= 0.3 is 0 Å². The molecule has 1 aromatic carbocycles. The summed E-state index contributed by atoms with van der Waals surface area (Å²) in [6.45, 7) is 4.89. The van der Waals surface area contributed by atoms with Gasteiger partial charge in [0.15, 0.2) is 5.69 Å². The van der Waals surface area contributed by atoms with E-state index in [0.29, 0.717) is 5.69 Å². The van der Waals surface area contributed by atoms with Crippen LogP contribution in [0, 0.1) is 11.3 Å². The van der Waals surface area contributed by atoms with Crippen LogP contribution in [0.15, 0.2) is 42.7 Å². The topological polar surface area (TPSA) is 56.1 Å². The molecule has 2 heterocycles. The molecular formula is C16H17N5. The Morgan fingerprint density at radius 1 is 1.00 bits per heavy atom. The second-order valence-electron chi connectivity index (χ2n) is 5.12. The number of nitrogens with zero attached hydrogens (tertiary/aromatic N) is 5. The number of piperazine rings is 1. The molecule has 2 aromatic rings. The van der Waals surface area contributed by atoms with Crippen molar-refractivity contribution >= 4 is 5.82 Å². The zero-order valence-corrected chi connectivity index (χ0v) is 11.8. The fourth-order valence-corrected chi connectivity index (χ4v) is 2.52. The lowest BCUT2D eigenvalue weighted by atomic mass is 10.2. The minimum Gasteiger partial charge on any atom is -0.353 e. The van der Waals surface area contributed by atoms with Crippen molar-refractivity contribution in [2.75, 3.05) is 31.1 Å². The van der Waals surface area contributed by atoms with E-state index in [1.54, 1.807) is 6.20 Å². The van der Waals surface area contributed by atoms with E-state index >= 15 is 0 Å². The van der Waals surface area contributed by atoms with E-state index < -0.39 is 0 Å². The van der Waals surface area contributed by atoms with Crippen LogP contribution < -0.4 is 4.90 Å². The molecule has 1 saturated heterocycles. The second-order valence-corrected chi connectivity index (χ2v) is 5.12. The Morgan fingerprint density at radius 3 is 2.38 bits per heavy atom. The van der Waals surface area contributed by atoms with Gasteiger partial charge in [0.25, 0.3) is 0 Å². The van der Waals surface area contributed by atoms with Crippen LogP contribution in [0.1, 0.15) is 11.3 Å². The lowest BCUT2D eigenvalue weighted by Gasteiger charge is -2.35. The third-order valence-corrected chi connectivity index (χ3v) is 3.70. The molecule has 0 saturated carbocycles. The molecular weight excluding hydrogens is 262 g/mol. The minimum absolute atomic E-state index is 0.362. The predicted molar refractivity (Wildman–Crippen MR) is 80.7 cm³/mol. The number of hydrogen-bond acceptors (Lipinski definition) is 5. The maximum Gasteiger partial charge on any atom is 0.158 e. The number of hydrogen-bond donors (Lipinski definition) is 0. The van der Waals surface area contributed by atoms with Crippen molar-refractivity contribution in [2.24, 2.45) is 0 Å². The lowest BCUT2D eigenvalue weighted by Crippen LogP contribution is -2.46. The number of rotatable bonds is 3. The summed E-state index contributed by atoms with van der Waals surface area (Å²) >= 11 is 0. The summed E-state index contributed by atoms with van der Waals surface area (Å²) in [5.74, 6) is 0.855. The van der Waals surface area contributed by atoms with Crippen molar-refractivity contribution in [3.63, 3.8) is 0 Å². The van der Waals surface area contributed by atoms with Crippen LogP contribution in [0.3, 0.4) is 0 Å². The minimum atomic E-state index is 0.362. The molecule has 21 heavy (non-hydrogen) atoms. The van der Waals surface area contributed by atoms with Gasteiger partial charge in [-0.1, -0.05) is 30.3 Å². The molecule has 0 atom stereocenters. The zero-order valence-electron chi connectivity index (χ0n) is 11.8. The molecule has 0 unspecified atom stereocenters. The molecule has 0 spiro atoms. The Morgan fingerprint density at radius 2 is 1.76 bits per heavy atom. The molecule has 5 nitrogen and oxygen atoms in total. The highest BCUT2D eigenvalue weighted by atomic mass is 15.3. The number of benzene rings is 1. The molecule has 3 rings (SSSR count). The Kier molecular flexibility index (Phi) is 4.08. The first-order chi connectivity index (χ1) is 10.3. The fourth-order valence-electron chi connectivity index (χ4n) is 2.52. The molecule has 1 aromatic heterocycles. The van der Waals surface area contributed by atoms with Gasteiger partial charge in [-0.15, -0.1) is 0 Å². The molecule has 0 radical (unpaired) electrons. The lowest BCUT2D eigenvalue weighted by molar-refractivity contribution is 0.249. The van der Waals surface area contributed by atoms with Crippen LogP contribution in [-0.2, 0) is 6.54 Å². The standard InChI is InChI=1S/C16H17N5/c17-10-15-11-19-16(12-18-15)21-8-6-20(7-9-21)13-14-4-2-1-3-5-14/h1-5,11-12H,6-9,13H2. The summed E-state index contributed by atoms with van der Waals surface area (Å²) in [4.78, 5) is 13.1. The maximum atomic E-state index is 8.74.